The molecular formula is C12H15IN2O4. The minimum atomic E-state index is -0.766. The van der Waals surface area contributed by atoms with E-state index in [1.165, 1.54) is 12.1 Å². The number of nitro benzene ring substituents is 1. The highest BCUT2D eigenvalue weighted by atomic mass is 127. The first-order valence-electron chi connectivity index (χ1n) is 5.90. The fourth-order valence-electron chi connectivity index (χ4n) is 1.56. The summed E-state index contributed by atoms with van der Waals surface area (Å²) in [6, 6.07) is 4.68. The maximum absolute atomic E-state index is 10.6. The Hall–Kier alpha value is -1.38. The number of benzene rings is 1. The molecule has 0 heterocycles. The summed E-state index contributed by atoms with van der Waals surface area (Å²) in [5.41, 5.74) is 0.945. The molecule has 0 aliphatic rings. The van der Waals surface area contributed by atoms with Crippen molar-refractivity contribution in [2.24, 2.45) is 0 Å². The Morgan fingerprint density at radius 3 is 2.68 bits per heavy atom. The van der Waals surface area contributed by atoms with Crippen LogP contribution in [0.15, 0.2) is 18.2 Å². The topological polar surface area (TPSA) is 92.5 Å². The molecule has 0 saturated heterocycles. The van der Waals surface area contributed by atoms with Crippen LogP contribution in [-0.2, 0) is 4.79 Å². The zero-order valence-electron chi connectivity index (χ0n) is 10.3. The van der Waals surface area contributed by atoms with Gasteiger partial charge in [-0.2, -0.15) is 0 Å². The van der Waals surface area contributed by atoms with E-state index in [0.29, 0.717) is 6.42 Å². The summed E-state index contributed by atoms with van der Waals surface area (Å²) in [6.45, 7) is 0.730. The molecule has 0 unspecified atom stereocenters. The molecule has 104 valence electrons. The number of hydrogen-bond donors (Lipinski definition) is 2. The summed E-state index contributed by atoms with van der Waals surface area (Å²) in [7, 11) is 0. The van der Waals surface area contributed by atoms with E-state index in [4.69, 9.17) is 5.11 Å². The molecule has 0 atom stereocenters. The minimum absolute atomic E-state index is 0.0800. The van der Waals surface area contributed by atoms with E-state index >= 15 is 0 Å². The number of unbranched alkanes of at least 4 members (excludes halogenated alkanes) is 2. The third kappa shape index (κ3) is 5.86. The van der Waals surface area contributed by atoms with Gasteiger partial charge in [0.25, 0.3) is 5.69 Å². The Bertz CT molecular complexity index is 465. The smallest absolute Gasteiger partial charge is 0.303 e. The average Bonchev–Trinajstić information content (AvgIpc) is 2.34. The van der Waals surface area contributed by atoms with E-state index in [9.17, 15) is 14.9 Å². The fourth-order valence-corrected chi connectivity index (χ4v) is 2.25. The zero-order chi connectivity index (χ0) is 14.3. The quantitative estimate of drug-likeness (QED) is 0.314. The van der Waals surface area contributed by atoms with Crippen molar-refractivity contribution in [1.82, 2.24) is 0 Å². The van der Waals surface area contributed by atoms with E-state index in [0.717, 1.165) is 28.6 Å². The number of nitro groups is 1. The number of nitrogens with zero attached hydrogens (tertiary/aromatic N) is 1. The molecule has 0 bridgehead atoms. The molecule has 1 rings (SSSR count). The maximum Gasteiger partial charge on any atom is 0.303 e. The van der Waals surface area contributed by atoms with Crippen molar-refractivity contribution in [3.63, 3.8) is 0 Å². The second-order valence-corrected chi connectivity index (χ2v) is 5.21. The Balaban J connectivity index is 2.33. The van der Waals surface area contributed by atoms with Gasteiger partial charge in [0.05, 0.1) is 4.92 Å². The van der Waals surface area contributed by atoms with Crippen LogP contribution in [0.4, 0.5) is 11.4 Å². The standard InChI is InChI=1S/C12H15IN2O4/c13-10-8-9(15(18)19)5-6-11(10)14-7-3-1-2-4-12(16)17/h5-6,8,14H,1-4,7H2,(H,16,17). The summed E-state index contributed by atoms with van der Waals surface area (Å²) in [4.78, 5) is 20.5. The van der Waals surface area contributed by atoms with Crippen LogP contribution in [0.2, 0.25) is 0 Å². The van der Waals surface area contributed by atoms with Gasteiger partial charge >= 0.3 is 5.97 Å². The summed E-state index contributed by atoms with van der Waals surface area (Å²) in [6.07, 6.45) is 2.60. The van der Waals surface area contributed by atoms with Crippen molar-refractivity contribution < 1.29 is 14.8 Å². The number of carboxylic acid groups (broad SMARTS) is 1. The lowest BCUT2D eigenvalue weighted by Gasteiger charge is -2.08. The maximum atomic E-state index is 10.6. The summed E-state index contributed by atoms with van der Waals surface area (Å²) >= 11 is 2.05. The number of halogens is 1. The highest BCUT2D eigenvalue weighted by molar-refractivity contribution is 14.1. The molecule has 7 heteroatoms. The molecule has 1 aromatic carbocycles. The van der Waals surface area contributed by atoms with Gasteiger partial charge < -0.3 is 10.4 Å². The SMILES string of the molecule is O=C(O)CCCCCNc1ccc([N+](=O)[O-])cc1I. The van der Waals surface area contributed by atoms with E-state index in [1.807, 2.05) is 0 Å². The number of carboxylic acids is 1. The van der Waals surface area contributed by atoms with Gasteiger partial charge in [0.15, 0.2) is 0 Å². The molecule has 0 aliphatic heterocycles. The molecule has 0 radical (unpaired) electrons. The Kier molecular flexibility index (Phi) is 6.54. The van der Waals surface area contributed by atoms with Gasteiger partial charge in [0, 0.05) is 34.4 Å². The molecule has 2 N–H and O–H groups in total. The van der Waals surface area contributed by atoms with Crippen molar-refractivity contribution in [2.45, 2.75) is 25.7 Å². The highest BCUT2D eigenvalue weighted by Gasteiger charge is 2.08. The molecular weight excluding hydrogens is 363 g/mol. The third-order valence-corrected chi connectivity index (χ3v) is 3.44. The summed E-state index contributed by atoms with van der Waals surface area (Å²) in [5, 5.41) is 22.3. The predicted octanol–water partition coefficient (Wildman–Crippen LogP) is 3.26. The number of aliphatic carboxylic acids is 1. The van der Waals surface area contributed by atoms with Crippen LogP contribution in [0.3, 0.4) is 0 Å². The van der Waals surface area contributed by atoms with Gasteiger partial charge in [-0.1, -0.05) is 6.42 Å². The van der Waals surface area contributed by atoms with Gasteiger partial charge in [0.2, 0.25) is 0 Å². The van der Waals surface area contributed by atoms with Crippen LogP contribution >= 0.6 is 22.6 Å². The van der Waals surface area contributed by atoms with E-state index < -0.39 is 10.9 Å². The minimum Gasteiger partial charge on any atom is -0.481 e. The largest absolute Gasteiger partial charge is 0.481 e. The normalized spacial score (nSPS) is 10.2. The zero-order valence-corrected chi connectivity index (χ0v) is 12.4. The van der Waals surface area contributed by atoms with E-state index in [-0.39, 0.29) is 12.1 Å². The first-order valence-corrected chi connectivity index (χ1v) is 6.98. The Labute approximate surface area is 124 Å². The van der Waals surface area contributed by atoms with Crippen molar-refractivity contribution >= 4 is 39.9 Å². The average molecular weight is 378 g/mol. The molecule has 0 saturated carbocycles. The van der Waals surface area contributed by atoms with Crippen molar-refractivity contribution in [2.75, 3.05) is 11.9 Å². The Morgan fingerprint density at radius 1 is 1.37 bits per heavy atom. The fraction of sp³-hybridized carbons (Fsp3) is 0.417. The number of nitrogens with one attached hydrogen (secondary N) is 1. The summed E-state index contributed by atoms with van der Waals surface area (Å²) < 4.78 is 0.803. The van der Waals surface area contributed by atoms with Crippen molar-refractivity contribution in [3.05, 3.63) is 31.9 Å². The van der Waals surface area contributed by atoms with E-state index in [2.05, 4.69) is 27.9 Å². The number of non-ortho nitro benzene ring substituents is 1. The number of hydrogen-bond acceptors (Lipinski definition) is 4. The van der Waals surface area contributed by atoms with Gasteiger partial charge in [0.1, 0.15) is 0 Å². The summed E-state index contributed by atoms with van der Waals surface area (Å²) in [5.74, 6) is -0.766. The third-order valence-electron chi connectivity index (χ3n) is 2.55. The second kappa shape index (κ2) is 7.93. The molecule has 0 spiro atoms. The van der Waals surface area contributed by atoms with Crippen LogP contribution in [-0.4, -0.2) is 22.5 Å². The van der Waals surface area contributed by atoms with Crippen LogP contribution in [0.1, 0.15) is 25.7 Å². The van der Waals surface area contributed by atoms with Gasteiger partial charge in [-0.3, -0.25) is 14.9 Å². The lowest BCUT2D eigenvalue weighted by Crippen LogP contribution is -2.04. The highest BCUT2D eigenvalue weighted by Crippen LogP contribution is 2.23. The van der Waals surface area contributed by atoms with E-state index in [1.54, 1.807) is 6.07 Å². The number of carbonyl (C=O) groups is 1. The molecule has 0 aliphatic carbocycles. The molecule has 19 heavy (non-hydrogen) atoms. The number of anilines is 1. The van der Waals surface area contributed by atoms with Crippen LogP contribution < -0.4 is 5.32 Å². The molecule has 6 nitrogen and oxygen atoms in total. The lowest BCUT2D eigenvalue weighted by molar-refractivity contribution is -0.384. The van der Waals surface area contributed by atoms with Crippen LogP contribution in [0, 0.1) is 13.7 Å². The first kappa shape index (κ1) is 15.7. The molecule has 1 aromatic rings. The Morgan fingerprint density at radius 2 is 2.11 bits per heavy atom. The second-order valence-electron chi connectivity index (χ2n) is 4.05. The van der Waals surface area contributed by atoms with Gasteiger partial charge in [-0.05, 0) is 41.5 Å². The van der Waals surface area contributed by atoms with Gasteiger partial charge in [-0.25, -0.2) is 0 Å². The van der Waals surface area contributed by atoms with Crippen molar-refractivity contribution in [3.8, 4) is 0 Å². The predicted molar refractivity (Wildman–Crippen MR) is 80.4 cm³/mol. The van der Waals surface area contributed by atoms with Crippen molar-refractivity contribution in [1.29, 1.82) is 0 Å². The first-order chi connectivity index (χ1) is 9.00. The number of rotatable bonds is 8. The monoisotopic (exact) mass is 378 g/mol. The molecule has 0 aromatic heterocycles. The lowest BCUT2D eigenvalue weighted by atomic mass is 10.2. The van der Waals surface area contributed by atoms with Crippen LogP contribution in [0.25, 0.3) is 0 Å². The molecule has 0 amide bonds. The van der Waals surface area contributed by atoms with Crippen LogP contribution in [0.5, 0.6) is 0 Å². The van der Waals surface area contributed by atoms with Gasteiger partial charge in [-0.15, -0.1) is 0 Å². The molecule has 0 fully saturated rings.